The molecule has 1 atom stereocenters. The quantitative estimate of drug-likeness (QED) is 0.685. The van der Waals surface area contributed by atoms with E-state index in [1.165, 1.54) is 4.90 Å². The van der Waals surface area contributed by atoms with Crippen LogP contribution in [0.5, 0.6) is 5.75 Å². The molecule has 0 aromatic heterocycles. The number of anilines is 1. The number of nitrogens with zero attached hydrogens (tertiary/aromatic N) is 3. The summed E-state index contributed by atoms with van der Waals surface area (Å²) in [5.41, 5.74) is 1.04. The van der Waals surface area contributed by atoms with E-state index in [-0.39, 0.29) is 30.2 Å². The number of piperidine rings is 1. The summed E-state index contributed by atoms with van der Waals surface area (Å²) in [6.07, 6.45) is 2.39. The molecule has 0 spiro atoms. The summed E-state index contributed by atoms with van der Waals surface area (Å²) in [7, 11) is 3.90. The first-order valence-electron chi connectivity index (χ1n) is 10.4. The Morgan fingerprint density at radius 1 is 1.24 bits per heavy atom. The Morgan fingerprint density at radius 3 is 2.59 bits per heavy atom. The number of Topliss-reactive ketones (excluding diaryl/α,β-unsaturated/α-hetero) is 1. The monoisotopic (exact) mass is 401 g/mol. The Bertz CT molecular complexity index is 786. The summed E-state index contributed by atoms with van der Waals surface area (Å²) in [5.74, 6) is 0.192. The van der Waals surface area contributed by atoms with Gasteiger partial charge < -0.3 is 14.5 Å². The highest BCUT2D eigenvalue weighted by Gasteiger charge is 2.35. The Morgan fingerprint density at radius 2 is 1.93 bits per heavy atom. The van der Waals surface area contributed by atoms with Gasteiger partial charge in [0.25, 0.3) is 5.91 Å². The van der Waals surface area contributed by atoms with Crippen LogP contribution < -0.4 is 9.64 Å². The molecule has 7 nitrogen and oxygen atoms in total. The van der Waals surface area contributed by atoms with E-state index < -0.39 is 6.10 Å². The highest BCUT2D eigenvalue weighted by molar-refractivity contribution is 6.05. The summed E-state index contributed by atoms with van der Waals surface area (Å²) in [4.78, 5) is 43.6. The SMILES string of the molecule is CCCC(=O)c1ccc2c(c1)N(CC(=O)N(C)C1CCN(C)CC1)C(=O)C(C)O2. The van der Waals surface area contributed by atoms with Crippen LogP contribution in [0.15, 0.2) is 18.2 Å². The average molecular weight is 402 g/mol. The number of amides is 2. The lowest BCUT2D eigenvalue weighted by molar-refractivity contribution is -0.134. The highest BCUT2D eigenvalue weighted by atomic mass is 16.5. The molecule has 0 aliphatic carbocycles. The van der Waals surface area contributed by atoms with Crippen molar-refractivity contribution in [3.8, 4) is 5.75 Å². The fourth-order valence-corrected chi connectivity index (χ4v) is 3.95. The van der Waals surface area contributed by atoms with Gasteiger partial charge in [0, 0.05) is 25.1 Å². The molecule has 0 radical (unpaired) electrons. The normalized spacial score (nSPS) is 20.2. The largest absolute Gasteiger partial charge is 0.479 e. The molecule has 2 amide bonds. The molecule has 29 heavy (non-hydrogen) atoms. The van der Waals surface area contributed by atoms with Crippen LogP contribution in [-0.4, -0.2) is 73.3 Å². The van der Waals surface area contributed by atoms with Crippen LogP contribution in [0.25, 0.3) is 0 Å². The van der Waals surface area contributed by atoms with Crippen molar-refractivity contribution in [1.29, 1.82) is 0 Å². The number of likely N-dealkylation sites (tertiary alicyclic amines) is 1. The van der Waals surface area contributed by atoms with E-state index in [0.29, 0.717) is 23.4 Å². The van der Waals surface area contributed by atoms with Crippen LogP contribution >= 0.6 is 0 Å². The maximum Gasteiger partial charge on any atom is 0.268 e. The van der Waals surface area contributed by atoms with Gasteiger partial charge in [0.2, 0.25) is 5.91 Å². The summed E-state index contributed by atoms with van der Waals surface area (Å²) in [5, 5.41) is 0. The first kappa shape index (κ1) is 21.3. The first-order chi connectivity index (χ1) is 13.8. The molecule has 1 saturated heterocycles. The van der Waals surface area contributed by atoms with Crippen molar-refractivity contribution in [3.63, 3.8) is 0 Å². The molecule has 3 rings (SSSR count). The van der Waals surface area contributed by atoms with Crippen molar-refractivity contribution in [2.75, 3.05) is 38.6 Å². The number of fused-ring (bicyclic) bond motifs is 1. The lowest BCUT2D eigenvalue weighted by Gasteiger charge is -2.37. The van der Waals surface area contributed by atoms with Crippen LogP contribution in [0, 0.1) is 0 Å². The van der Waals surface area contributed by atoms with Crippen LogP contribution in [0.2, 0.25) is 0 Å². The molecule has 2 aliphatic rings. The number of benzene rings is 1. The van der Waals surface area contributed by atoms with Gasteiger partial charge in [-0.05, 0) is 64.5 Å². The zero-order chi connectivity index (χ0) is 21.1. The molecule has 1 unspecified atom stereocenters. The van der Waals surface area contributed by atoms with Crippen molar-refractivity contribution in [2.24, 2.45) is 0 Å². The van der Waals surface area contributed by atoms with Crippen LogP contribution in [0.1, 0.15) is 49.9 Å². The minimum atomic E-state index is -0.666. The second-order valence-corrected chi connectivity index (χ2v) is 8.08. The fourth-order valence-electron chi connectivity index (χ4n) is 3.95. The average Bonchev–Trinajstić information content (AvgIpc) is 2.71. The van der Waals surface area contributed by atoms with Gasteiger partial charge >= 0.3 is 0 Å². The van der Waals surface area contributed by atoms with E-state index in [9.17, 15) is 14.4 Å². The topological polar surface area (TPSA) is 70.2 Å². The molecular weight excluding hydrogens is 370 g/mol. The minimum absolute atomic E-state index is 0.0242. The van der Waals surface area contributed by atoms with Crippen LogP contribution in [-0.2, 0) is 9.59 Å². The molecule has 7 heteroatoms. The predicted molar refractivity (Wildman–Crippen MR) is 111 cm³/mol. The van der Waals surface area contributed by atoms with Crippen molar-refractivity contribution >= 4 is 23.3 Å². The molecule has 1 fully saturated rings. The van der Waals surface area contributed by atoms with E-state index in [1.54, 1.807) is 30.0 Å². The summed E-state index contributed by atoms with van der Waals surface area (Å²) < 4.78 is 5.71. The third kappa shape index (κ3) is 4.61. The summed E-state index contributed by atoms with van der Waals surface area (Å²) >= 11 is 0. The number of ketones is 1. The third-order valence-corrected chi connectivity index (χ3v) is 5.89. The molecule has 158 valence electrons. The van der Waals surface area contributed by atoms with Gasteiger partial charge in [-0.1, -0.05) is 6.92 Å². The molecule has 2 heterocycles. The van der Waals surface area contributed by atoms with E-state index in [2.05, 4.69) is 11.9 Å². The van der Waals surface area contributed by atoms with Crippen LogP contribution in [0.4, 0.5) is 5.69 Å². The zero-order valence-corrected chi connectivity index (χ0v) is 17.8. The summed E-state index contributed by atoms with van der Waals surface area (Å²) in [6.45, 7) is 5.50. The molecule has 0 N–H and O–H groups in total. The van der Waals surface area contributed by atoms with E-state index in [0.717, 1.165) is 32.4 Å². The number of rotatable bonds is 6. The number of likely N-dealkylation sites (N-methyl/N-ethyl adjacent to an activating group) is 1. The highest BCUT2D eigenvalue weighted by Crippen LogP contribution is 2.35. The lowest BCUT2D eigenvalue weighted by Crippen LogP contribution is -2.52. The Hall–Kier alpha value is -2.41. The van der Waals surface area contributed by atoms with E-state index in [4.69, 9.17) is 4.74 Å². The first-order valence-corrected chi connectivity index (χ1v) is 10.4. The van der Waals surface area contributed by atoms with E-state index >= 15 is 0 Å². The van der Waals surface area contributed by atoms with Crippen LogP contribution in [0.3, 0.4) is 0 Å². The van der Waals surface area contributed by atoms with Crippen molar-refractivity contribution < 1.29 is 19.1 Å². The lowest BCUT2D eigenvalue weighted by atomic mass is 10.0. The van der Waals surface area contributed by atoms with Gasteiger partial charge in [0.1, 0.15) is 12.3 Å². The molecule has 1 aromatic carbocycles. The maximum absolute atomic E-state index is 13.0. The molecule has 2 aliphatic heterocycles. The number of carbonyl (C=O) groups excluding carboxylic acids is 3. The van der Waals surface area contributed by atoms with Gasteiger partial charge in [-0.3, -0.25) is 19.3 Å². The van der Waals surface area contributed by atoms with Crippen molar-refractivity contribution in [2.45, 2.75) is 51.7 Å². The number of hydrogen-bond donors (Lipinski definition) is 0. The van der Waals surface area contributed by atoms with Crippen molar-refractivity contribution in [3.05, 3.63) is 23.8 Å². The van der Waals surface area contributed by atoms with Crippen molar-refractivity contribution in [1.82, 2.24) is 9.80 Å². The van der Waals surface area contributed by atoms with Gasteiger partial charge in [-0.15, -0.1) is 0 Å². The molecular formula is C22H31N3O4. The van der Waals surface area contributed by atoms with E-state index in [1.807, 2.05) is 14.0 Å². The Kier molecular flexibility index (Phi) is 6.57. The molecule has 0 bridgehead atoms. The molecule has 1 aromatic rings. The Labute approximate surface area is 172 Å². The molecule has 0 saturated carbocycles. The third-order valence-electron chi connectivity index (χ3n) is 5.89. The smallest absolute Gasteiger partial charge is 0.268 e. The second kappa shape index (κ2) is 8.95. The Balaban J connectivity index is 1.81. The standard InChI is InChI=1S/C22H31N3O4/c1-5-6-19(26)16-7-8-20-18(13-16)25(22(28)15(2)29-20)14-21(27)24(4)17-9-11-23(3)12-10-17/h7-8,13,15,17H,5-6,9-12,14H2,1-4H3. The van der Waals surface area contributed by atoms with Gasteiger partial charge in [0.05, 0.1) is 5.69 Å². The van der Waals surface area contributed by atoms with Gasteiger partial charge in [-0.2, -0.15) is 0 Å². The number of ether oxygens (including phenoxy) is 1. The second-order valence-electron chi connectivity index (χ2n) is 8.08. The zero-order valence-electron chi connectivity index (χ0n) is 17.8. The van der Waals surface area contributed by atoms with Gasteiger partial charge in [-0.25, -0.2) is 0 Å². The fraction of sp³-hybridized carbons (Fsp3) is 0.591. The van der Waals surface area contributed by atoms with Gasteiger partial charge in [0.15, 0.2) is 11.9 Å². The number of hydrogen-bond acceptors (Lipinski definition) is 5. The predicted octanol–water partition coefficient (Wildman–Crippen LogP) is 2.34. The maximum atomic E-state index is 13.0. The summed E-state index contributed by atoms with van der Waals surface area (Å²) in [6, 6.07) is 5.31. The number of carbonyl (C=O) groups is 3. The minimum Gasteiger partial charge on any atom is -0.479 e.